The van der Waals surface area contributed by atoms with Crippen molar-refractivity contribution in [3.8, 4) is 0 Å². The normalized spacial score (nSPS) is 10.5. The minimum atomic E-state index is -0.0454. The molecule has 0 bridgehead atoms. The minimum Gasteiger partial charge on any atom is -0.373 e. The van der Waals surface area contributed by atoms with Gasteiger partial charge in [0, 0.05) is 23.3 Å². The zero-order valence-corrected chi connectivity index (χ0v) is 12.9. The van der Waals surface area contributed by atoms with Crippen molar-refractivity contribution in [1.82, 2.24) is 9.55 Å². The zero-order chi connectivity index (χ0) is 14.0. The van der Waals surface area contributed by atoms with Crippen molar-refractivity contribution in [2.75, 3.05) is 12.4 Å². The summed E-state index contributed by atoms with van der Waals surface area (Å²) < 4.78 is 2.44. The van der Waals surface area contributed by atoms with Crippen LogP contribution >= 0.6 is 27.5 Å². The van der Waals surface area contributed by atoms with Crippen LogP contribution in [0.3, 0.4) is 0 Å². The molecule has 0 fully saturated rings. The summed E-state index contributed by atoms with van der Waals surface area (Å²) in [5, 5.41) is 3.50. The van der Waals surface area contributed by atoms with Gasteiger partial charge in [-0.25, -0.2) is 4.98 Å². The van der Waals surface area contributed by atoms with Crippen molar-refractivity contribution >= 4 is 33.3 Å². The summed E-state index contributed by atoms with van der Waals surface area (Å²) in [6.07, 6.45) is 1.74. The quantitative estimate of drug-likeness (QED) is 0.932. The molecule has 0 spiro atoms. The van der Waals surface area contributed by atoms with Crippen LogP contribution < -0.4 is 10.9 Å². The lowest BCUT2D eigenvalue weighted by Gasteiger charge is -2.10. The predicted octanol–water partition coefficient (Wildman–Crippen LogP) is 3.06. The van der Waals surface area contributed by atoms with Gasteiger partial charge in [0.2, 0.25) is 0 Å². The number of nitrogens with zero attached hydrogens (tertiary/aromatic N) is 2. The summed E-state index contributed by atoms with van der Waals surface area (Å²) in [7, 11) is 1.79. The van der Waals surface area contributed by atoms with Crippen LogP contribution in [-0.4, -0.2) is 16.6 Å². The van der Waals surface area contributed by atoms with Crippen molar-refractivity contribution < 1.29 is 0 Å². The van der Waals surface area contributed by atoms with Gasteiger partial charge in [-0.15, -0.1) is 0 Å². The molecule has 0 amide bonds. The molecule has 1 N–H and O–H groups in total. The Morgan fingerprint density at radius 3 is 2.89 bits per heavy atom. The van der Waals surface area contributed by atoms with Crippen LogP contribution in [-0.2, 0) is 6.54 Å². The minimum absolute atomic E-state index is 0.0454. The lowest BCUT2D eigenvalue weighted by atomic mass is 10.3. The molecule has 0 aliphatic heterocycles. The van der Waals surface area contributed by atoms with Gasteiger partial charge in [0.1, 0.15) is 5.82 Å². The van der Waals surface area contributed by atoms with E-state index in [2.05, 4.69) is 26.2 Å². The number of rotatable bonds is 3. The number of hydrogen-bond donors (Lipinski definition) is 1. The summed E-state index contributed by atoms with van der Waals surface area (Å²) in [6, 6.07) is 5.35. The third-order valence-electron chi connectivity index (χ3n) is 2.73. The third kappa shape index (κ3) is 3.16. The second-order valence-corrected chi connectivity index (χ2v) is 5.47. The van der Waals surface area contributed by atoms with Crippen LogP contribution in [0, 0.1) is 6.92 Å². The topological polar surface area (TPSA) is 46.9 Å². The van der Waals surface area contributed by atoms with Crippen LogP contribution in [0.5, 0.6) is 0 Å². The molecule has 0 unspecified atom stereocenters. The van der Waals surface area contributed by atoms with Gasteiger partial charge in [-0.2, -0.15) is 0 Å². The second-order valence-electron chi connectivity index (χ2n) is 4.15. The Bertz CT molecular complexity index is 669. The number of aromatic nitrogens is 2. The van der Waals surface area contributed by atoms with Crippen molar-refractivity contribution in [2.45, 2.75) is 13.5 Å². The lowest BCUT2D eigenvalue weighted by Crippen LogP contribution is -2.22. The molecule has 0 atom stereocenters. The highest BCUT2D eigenvalue weighted by Crippen LogP contribution is 2.18. The zero-order valence-electron chi connectivity index (χ0n) is 10.6. The number of halogens is 2. The van der Waals surface area contributed by atoms with E-state index in [4.69, 9.17) is 11.6 Å². The Hall–Kier alpha value is -1.33. The Morgan fingerprint density at radius 1 is 1.47 bits per heavy atom. The molecule has 19 heavy (non-hydrogen) atoms. The first kappa shape index (κ1) is 14.1. The second kappa shape index (κ2) is 5.75. The van der Waals surface area contributed by atoms with Crippen LogP contribution in [0.1, 0.15) is 11.3 Å². The molecule has 4 nitrogen and oxygen atoms in total. The van der Waals surface area contributed by atoms with E-state index >= 15 is 0 Å². The van der Waals surface area contributed by atoms with E-state index in [0.29, 0.717) is 22.8 Å². The van der Waals surface area contributed by atoms with E-state index < -0.39 is 0 Å². The van der Waals surface area contributed by atoms with Crippen LogP contribution in [0.4, 0.5) is 5.82 Å². The van der Waals surface area contributed by atoms with Gasteiger partial charge in [0.05, 0.1) is 17.3 Å². The Labute approximate surface area is 124 Å². The fourth-order valence-corrected chi connectivity index (χ4v) is 2.51. The highest BCUT2D eigenvalue weighted by molar-refractivity contribution is 9.10. The van der Waals surface area contributed by atoms with E-state index in [-0.39, 0.29) is 5.56 Å². The number of anilines is 1. The number of nitrogens with one attached hydrogen (secondary N) is 1. The van der Waals surface area contributed by atoms with E-state index in [9.17, 15) is 4.79 Å². The van der Waals surface area contributed by atoms with Crippen molar-refractivity contribution in [3.05, 3.63) is 55.5 Å². The lowest BCUT2D eigenvalue weighted by molar-refractivity contribution is 0.731. The number of pyridine rings is 2. The molecule has 0 aliphatic rings. The summed E-state index contributed by atoms with van der Waals surface area (Å²) in [6.45, 7) is 2.12. The van der Waals surface area contributed by atoms with Gasteiger partial charge in [0.25, 0.3) is 5.56 Å². The first-order chi connectivity index (χ1) is 9.01. The summed E-state index contributed by atoms with van der Waals surface area (Å²) in [5.74, 6) is 0.721. The van der Waals surface area contributed by atoms with Crippen LogP contribution in [0.15, 0.2) is 33.7 Å². The average Bonchev–Trinajstić information content (AvgIpc) is 2.38. The SMILES string of the molecule is CNc1ccc(Cl)c(Cn2cc(Br)cc(C)c2=O)n1. The number of aryl methyl sites for hydroxylation is 1. The van der Waals surface area contributed by atoms with Crippen molar-refractivity contribution in [2.24, 2.45) is 0 Å². The molecule has 0 aliphatic carbocycles. The summed E-state index contributed by atoms with van der Waals surface area (Å²) in [4.78, 5) is 16.4. The largest absolute Gasteiger partial charge is 0.373 e. The Kier molecular flexibility index (Phi) is 4.27. The molecule has 100 valence electrons. The van der Waals surface area contributed by atoms with Crippen molar-refractivity contribution in [1.29, 1.82) is 0 Å². The molecular formula is C13H13BrClN3O. The van der Waals surface area contributed by atoms with Gasteiger partial charge in [-0.1, -0.05) is 11.6 Å². The standard InChI is InChI=1S/C13H13BrClN3O/c1-8-5-9(14)6-18(13(8)19)7-11-10(15)3-4-12(16-2)17-11/h3-6H,7H2,1-2H3,(H,16,17). The number of hydrogen-bond acceptors (Lipinski definition) is 3. The van der Waals surface area contributed by atoms with Crippen molar-refractivity contribution in [3.63, 3.8) is 0 Å². The molecule has 0 aromatic carbocycles. The summed E-state index contributed by atoms with van der Waals surface area (Å²) in [5.41, 5.74) is 1.29. The molecule has 2 rings (SSSR count). The highest BCUT2D eigenvalue weighted by atomic mass is 79.9. The molecule has 2 aromatic heterocycles. The molecule has 0 radical (unpaired) electrons. The van der Waals surface area contributed by atoms with Gasteiger partial charge in [-0.05, 0) is 41.1 Å². The van der Waals surface area contributed by atoms with E-state index in [0.717, 1.165) is 10.3 Å². The van der Waals surface area contributed by atoms with Gasteiger partial charge >= 0.3 is 0 Å². The smallest absolute Gasteiger partial charge is 0.253 e. The van der Waals surface area contributed by atoms with Gasteiger partial charge < -0.3 is 9.88 Å². The first-order valence-electron chi connectivity index (χ1n) is 5.71. The predicted molar refractivity (Wildman–Crippen MR) is 81.0 cm³/mol. The fraction of sp³-hybridized carbons (Fsp3) is 0.231. The summed E-state index contributed by atoms with van der Waals surface area (Å²) >= 11 is 9.50. The Balaban J connectivity index is 2.44. The van der Waals surface area contributed by atoms with E-state index in [1.165, 1.54) is 0 Å². The first-order valence-corrected chi connectivity index (χ1v) is 6.88. The maximum atomic E-state index is 12.0. The third-order valence-corrected chi connectivity index (χ3v) is 3.50. The fourth-order valence-electron chi connectivity index (χ4n) is 1.75. The highest BCUT2D eigenvalue weighted by Gasteiger charge is 2.08. The van der Waals surface area contributed by atoms with Gasteiger partial charge in [-0.3, -0.25) is 4.79 Å². The molecular weight excluding hydrogens is 330 g/mol. The molecule has 2 aromatic rings. The van der Waals surface area contributed by atoms with Gasteiger partial charge in [0.15, 0.2) is 0 Å². The molecule has 2 heterocycles. The average molecular weight is 343 g/mol. The monoisotopic (exact) mass is 341 g/mol. The maximum absolute atomic E-state index is 12.0. The molecule has 0 saturated carbocycles. The van der Waals surface area contributed by atoms with Crippen LogP contribution in [0.25, 0.3) is 0 Å². The molecule has 6 heteroatoms. The van der Waals surface area contributed by atoms with E-state index in [1.807, 2.05) is 0 Å². The van der Waals surface area contributed by atoms with Crippen LogP contribution in [0.2, 0.25) is 5.02 Å². The molecule has 0 saturated heterocycles. The van der Waals surface area contributed by atoms with E-state index in [1.54, 1.807) is 42.9 Å². The Morgan fingerprint density at radius 2 is 2.21 bits per heavy atom. The maximum Gasteiger partial charge on any atom is 0.253 e.